The van der Waals surface area contributed by atoms with Crippen molar-refractivity contribution >= 4 is 28.3 Å². The summed E-state index contributed by atoms with van der Waals surface area (Å²) in [7, 11) is 0. The first kappa shape index (κ1) is 16.0. The Balaban J connectivity index is 1.81. The van der Waals surface area contributed by atoms with Crippen LogP contribution in [0.2, 0.25) is 5.02 Å². The Morgan fingerprint density at radius 2 is 2.13 bits per heavy atom. The molecule has 2 heterocycles. The third-order valence-corrected chi connectivity index (χ3v) is 4.48. The van der Waals surface area contributed by atoms with Gasteiger partial charge in [0.25, 0.3) is 0 Å². The highest BCUT2D eigenvalue weighted by atomic mass is 35.5. The molecule has 0 atom stereocenters. The molecule has 1 aliphatic rings. The van der Waals surface area contributed by atoms with Crippen LogP contribution < -0.4 is 10.2 Å². The lowest BCUT2D eigenvalue weighted by atomic mass is 10.0. The number of pyridine rings is 1. The van der Waals surface area contributed by atoms with Gasteiger partial charge < -0.3 is 15.3 Å². The molecule has 0 radical (unpaired) electrons. The van der Waals surface area contributed by atoms with Crippen LogP contribution in [-0.4, -0.2) is 42.4 Å². The Hall–Kier alpha value is -1.87. The fourth-order valence-corrected chi connectivity index (χ4v) is 3.19. The van der Waals surface area contributed by atoms with Gasteiger partial charge in [0, 0.05) is 36.1 Å². The van der Waals surface area contributed by atoms with E-state index >= 15 is 0 Å². The Bertz CT molecular complexity index is 735. The van der Waals surface area contributed by atoms with Gasteiger partial charge in [-0.25, -0.2) is 4.98 Å². The molecule has 1 aromatic heterocycles. The van der Waals surface area contributed by atoms with E-state index in [1.807, 2.05) is 12.1 Å². The maximum Gasteiger partial charge on any atom is 0.130 e. The first-order valence-corrected chi connectivity index (χ1v) is 8.18. The quantitative estimate of drug-likeness (QED) is 0.900. The minimum absolute atomic E-state index is 0.167. The second kappa shape index (κ2) is 7.14. The number of hydrogen-bond donors (Lipinski definition) is 2. The highest BCUT2D eigenvalue weighted by Gasteiger charge is 2.20. The van der Waals surface area contributed by atoms with Crippen molar-refractivity contribution in [2.75, 3.05) is 31.1 Å². The first-order chi connectivity index (χ1) is 11.2. The van der Waals surface area contributed by atoms with Crippen LogP contribution in [0.3, 0.4) is 0 Å². The number of nitrogens with zero attached hydrogens (tertiary/aromatic N) is 3. The number of fused-ring (bicyclic) bond motifs is 1. The summed E-state index contributed by atoms with van der Waals surface area (Å²) >= 11 is 6.02. The highest BCUT2D eigenvalue weighted by Crippen LogP contribution is 2.26. The molecule has 0 aliphatic carbocycles. The zero-order valence-corrected chi connectivity index (χ0v) is 13.6. The maximum atomic E-state index is 9.42. The predicted octanol–water partition coefficient (Wildman–Crippen LogP) is 2.31. The average molecular weight is 331 g/mol. The van der Waals surface area contributed by atoms with Crippen LogP contribution in [0.4, 0.5) is 5.82 Å². The lowest BCUT2D eigenvalue weighted by molar-refractivity contribution is 0.277. The maximum absolute atomic E-state index is 9.42. The van der Waals surface area contributed by atoms with Gasteiger partial charge in [0.05, 0.1) is 23.8 Å². The first-order valence-electron chi connectivity index (χ1n) is 7.81. The summed E-state index contributed by atoms with van der Waals surface area (Å²) in [6.07, 6.45) is 2.00. The van der Waals surface area contributed by atoms with E-state index in [1.165, 1.54) is 0 Å². The molecule has 0 spiro atoms. The van der Waals surface area contributed by atoms with Crippen molar-refractivity contribution in [3.63, 3.8) is 0 Å². The standard InChI is InChI=1S/C17H19ClN4O/c18-13-1-2-16-15(10-13)12(11-19)9-17(21-16)22-6-3-14(4-7-22)20-5-8-23/h1-2,9-10,14,20,23H,3-8H2. The largest absolute Gasteiger partial charge is 0.395 e. The normalized spacial score (nSPS) is 15.8. The van der Waals surface area contributed by atoms with Crippen LogP contribution in [0.15, 0.2) is 24.3 Å². The summed E-state index contributed by atoms with van der Waals surface area (Å²) < 4.78 is 0. The van der Waals surface area contributed by atoms with Crippen molar-refractivity contribution in [3.05, 3.63) is 34.9 Å². The van der Waals surface area contributed by atoms with Gasteiger partial charge in [0.1, 0.15) is 5.82 Å². The number of aromatic nitrogens is 1. The lowest BCUT2D eigenvalue weighted by Crippen LogP contribution is -2.43. The molecule has 0 amide bonds. The molecule has 1 aliphatic heterocycles. The topological polar surface area (TPSA) is 72.2 Å². The summed E-state index contributed by atoms with van der Waals surface area (Å²) in [5.41, 5.74) is 1.40. The van der Waals surface area contributed by atoms with E-state index in [9.17, 15) is 5.26 Å². The summed E-state index contributed by atoms with van der Waals surface area (Å²) in [6, 6.07) is 9.98. The van der Waals surface area contributed by atoms with Crippen molar-refractivity contribution in [2.24, 2.45) is 0 Å². The van der Waals surface area contributed by atoms with Crippen LogP contribution >= 0.6 is 11.6 Å². The second-order valence-corrected chi connectivity index (χ2v) is 6.18. The number of halogens is 1. The molecule has 2 aromatic rings. The number of piperidine rings is 1. The Morgan fingerprint density at radius 3 is 2.83 bits per heavy atom. The molecule has 1 aromatic carbocycles. The number of aliphatic hydroxyl groups is 1. The molecule has 1 saturated heterocycles. The fourth-order valence-electron chi connectivity index (χ4n) is 3.02. The molecule has 6 heteroatoms. The van der Waals surface area contributed by atoms with Crippen molar-refractivity contribution in [1.82, 2.24) is 10.3 Å². The van der Waals surface area contributed by atoms with Crippen molar-refractivity contribution in [1.29, 1.82) is 5.26 Å². The highest BCUT2D eigenvalue weighted by molar-refractivity contribution is 6.31. The molecule has 0 bridgehead atoms. The third kappa shape index (κ3) is 3.56. The molecular weight excluding hydrogens is 312 g/mol. The van der Waals surface area contributed by atoms with E-state index in [0.717, 1.165) is 42.7 Å². The van der Waals surface area contributed by atoms with Gasteiger partial charge in [-0.1, -0.05) is 11.6 Å². The Labute approximate surface area is 140 Å². The van der Waals surface area contributed by atoms with Gasteiger partial charge in [0.15, 0.2) is 0 Å². The van der Waals surface area contributed by atoms with Crippen LogP contribution in [0.25, 0.3) is 10.9 Å². The zero-order valence-electron chi connectivity index (χ0n) is 12.8. The van der Waals surface area contributed by atoms with Gasteiger partial charge in [-0.15, -0.1) is 0 Å². The molecule has 0 unspecified atom stereocenters. The van der Waals surface area contributed by atoms with E-state index < -0.39 is 0 Å². The van der Waals surface area contributed by atoms with E-state index in [1.54, 1.807) is 12.1 Å². The smallest absolute Gasteiger partial charge is 0.130 e. The predicted molar refractivity (Wildman–Crippen MR) is 91.8 cm³/mol. The van der Waals surface area contributed by atoms with E-state index in [4.69, 9.17) is 21.7 Å². The van der Waals surface area contributed by atoms with E-state index in [0.29, 0.717) is 23.2 Å². The molecule has 120 valence electrons. The van der Waals surface area contributed by atoms with Gasteiger partial charge in [-0.2, -0.15) is 5.26 Å². The summed E-state index contributed by atoms with van der Waals surface area (Å²) in [5.74, 6) is 0.844. The van der Waals surface area contributed by atoms with Gasteiger partial charge >= 0.3 is 0 Å². The molecule has 1 fully saturated rings. The number of nitrogens with one attached hydrogen (secondary N) is 1. The number of hydrogen-bond acceptors (Lipinski definition) is 5. The molecule has 23 heavy (non-hydrogen) atoms. The Kier molecular flexibility index (Phi) is 4.97. The summed E-state index contributed by atoms with van der Waals surface area (Å²) in [4.78, 5) is 6.91. The number of nitriles is 1. The van der Waals surface area contributed by atoms with E-state index in [-0.39, 0.29) is 6.61 Å². The minimum Gasteiger partial charge on any atom is -0.395 e. The molecular formula is C17H19ClN4O. The van der Waals surface area contributed by atoms with Crippen LogP contribution in [-0.2, 0) is 0 Å². The van der Waals surface area contributed by atoms with Gasteiger partial charge in [-0.05, 0) is 37.1 Å². The number of rotatable bonds is 4. The lowest BCUT2D eigenvalue weighted by Gasteiger charge is -2.33. The zero-order chi connectivity index (χ0) is 16.2. The monoisotopic (exact) mass is 330 g/mol. The number of benzene rings is 1. The van der Waals surface area contributed by atoms with Crippen LogP contribution in [0.5, 0.6) is 0 Å². The van der Waals surface area contributed by atoms with Crippen LogP contribution in [0, 0.1) is 11.3 Å². The summed E-state index contributed by atoms with van der Waals surface area (Å²) in [5, 5.41) is 23.0. The van der Waals surface area contributed by atoms with E-state index in [2.05, 4.69) is 16.3 Å². The van der Waals surface area contributed by atoms with Gasteiger partial charge in [0.2, 0.25) is 0 Å². The SMILES string of the molecule is N#Cc1cc(N2CCC(NCCO)CC2)nc2ccc(Cl)cc12. The average Bonchev–Trinajstić information content (AvgIpc) is 2.59. The number of aliphatic hydroxyl groups excluding tert-OH is 1. The third-order valence-electron chi connectivity index (χ3n) is 4.24. The van der Waals surface area contributed by atoms with Crippen molar-refractivity contribution < 1.29 is 5.11 Å². The Morgan fingerprint density at radius 1 is 1.35 bits per heavy atom. The van der Waals surface area contributed by atoms with Crippen molar-refractivity contribution in [2.45, 2.75) is 18.9 Å². The molecule has 2 N–H and O–H groups in total. The van der Waals surface area contributed by atoms with Crippen molar-refractivity contribution in [3.8, 4) is 6.07 Å². The fraction of sp³-hybridized carbons (Fsp3) is 0.412. The second-order valence-electron chi connectivity index (χ2n) is 5.74. The molecule has 3 rings (SSSR count). The number of anilines is 1. The molecule has 0 saturated carbocycles. The van der Waals surface area contributed by atoms with Crippen LogP contribution in [0.1, 0.15) is 18.4 Å². The van der Waals surface area contributed by atoms with Gasteiger partial charge in [-0.3, -0.25) is 0 Å². The summed E-state index contributed by atoms with van der Waals surface area (Å²) in [6.45, 7) is 2.58. The minimum atomic E-state index is 0.167. The molecule has 5 nitrogen and oxygen atoms in total.